The number of nitrogens with zero attached hydrogens (tertiary/aromatic N) is 1. The van der Waals surface area contributed by atoms with E-state index in [-0.39, 0.29) is 24.0 Å². The molecule has 0 heterocycles. The molecule has 0 aromatic heterocycles. The number of nitro benzene ring substituents is 1. The lowest BCUT2D eigenvalue weighted by molar-refractivity contribution is -0.384. The van der Waals surface area contributed by atoms with Crippen LogP contribution in [0.2, 0.25) is 0 Å². The van der Waals surface area contributed by atoms with Crippen LogP contribution >= 0.6 is 0 Å². The Balaban J connectivity index is 1.68. The van der Waals surface area contributed by atoms with Gasteiger partial charge in [-0.05, 0) is 38.1 Å². The molecule has 0 aliphatic heterocycles. The number of nitro groups is 1. The molecule has 3 N–H and O–H groups in total. The van der Waals surface area contributed by atoms with Crippen molar-refractivity contribution in [1.29, 1.82) is 0 Å². The van der Waals surface area contributed by atoms with E-state index in [9.17, 15) is 19.7 Å². The van der Waals surface area contributed by atoms with E-state index in [1.165, 1.54) is 12.1 Å². The molecule has 0 radical (unpaired) electrons. The first kappa shape index (κ1) is 19.9. The van der Waals surface area contributed by atoms with E-state index in [1.54, 1.807) is 24.3 Å². The van der Waals surface area contributed by atoms with Gasteiger partial charge < -0.3 is 16.0 Å². The van der Waals surface area contributed by atoms with Crippen molar-refractivity contribution >= 4 is 23.2 Å². The predicted octanol–water partition coefficient (Wildman–Crippen LogP) is 2.17. The number of carbonyl (C=O) groups is 2. The van der Waals surface area contributed by atoms with E-state index < -0.39 is 4.92 Å². The smallest absolute Gasteiger partial charge is 0.269 e. The molecule has 2 aromatic rings. The molecule has 27 heavy (non-hydrogen) atoms. The summed E-state index contributed by atoms with van der Waals surface area (Å²) in [6.07, 6.45) is 0. The summed E-state index contributed by atoms with van der Waals surface area (Å²) in [5.74, 6) is -0.584. The van der Waals surface area contributed by atoms with Gasteiger partial charge in [-0.1, -0.05) is 17.2 Å². The van der Waals surface area contributed by atoms with E-state index >= 15 is 0 Å². The van der Waals surface area contributed by atoms with Gasteiger partial charge in [0.05, 0.1) is 11.5 Å². The van der Waals surface area contributed by atoms with Crippen molar-refractivity contribution in [2.75, 3.05) is 25.0 Å². The van der Waals surface area contributed by atoms with E-state index in [1.807, 2.05) is 19.9 Å². The summed E-state index contributed by atoms with van der Waals surface area (Å²) in [4.78, 5) is 34.0. The van der Waals surface area contributed by atoms with Crippen LogP contribution < -0.4 is 16.0 Å². The van der Waals surface area contributed by atoms with Gasteiger partial charge in [0.15, 0.2) is 0 Å². The fourth-order valence-electron chi connectivity index (χ4n) is 2.54. The molecule has 2 rings (SSSR count). The van der Waals surface area contributed by atoms with Gasteiger partial charge in [-0.25, -0.2) is 0 Å². The summed E-state index contributed by atoms with van der Waals surface area (Å²) >= 11 is 0. The zero-order valence-electron chi connectivity index (χ0n) is 15.2. The number of nitrogens with one attached hydrogen (secondary N) is 3. The third-order valence-corrected chi connectivity index (χ3v) is 3.75. The van der Waals surface area contributed by atoms with Crippen LogP contribution in [0, 0.1) is 24.0 Å². The maximum Gasteiger partial charge on any atom is 0.269 e. The molecule has 0 saturated carbocycles. The normalized spacial score (nSPS) is 10.1. The minimum Gasteiger partial charge on any atom is -0.383 e. The van der Waals surface area contributed by atoms with Crippen LogP contribution in [0.3, 0.4) is 0 Å². The van der Waals surface area contributed by atoms with Gasteiger partial charge >= 0.3 is 0 Å². The van der Waals surface area contributed by atoms with E-state index in [0.717, 1.165) is 16.8 Å². The van der Waals surface area contributed by atoms with Crippen LogP contribution in [-0.2, 0) is 4.79 Å². The largest absolute Gasteiger partial charge is 0.383 e. The van der Waals surface area contributed by atoms with Crippen molar-refractivity contribution in [3.63, 3.8) is 0 Å². The van der Waals surface area contributed by atoms with Gasteiger partial charge in [-0.2, -0.15) is 0 Å². The molecule has 0 atom stereocenters. The summed E-state index contributed by atoms with van der Waals surface area (Å²) < 4.78 is 0. The Morgan fingerprint density at radius 1 is 0.963 bits per heavy atom. The van der Waals surface area contributed by atoms with Crippen LogP contribution in [0.4, 0.5) is 11.4 Å². The van der Waals surface area contributed by atoms with Gasteiger partial charge in [0.2, 0.25) is 5.91 Å². The summed E-state index contributed by atoms with van der Waals surface area (Å²) in [6.45, 7) is 4.52. The van der Waals surface area contributed by atoms with Crippen LogP contribution in [0.5, 0.6) is 0 Å². The van der Waals surface area contributed by atoms with Crippen molar-refractivity contribution in [2.45, 2.75) is 13.8 Å². The average molecular weight is 370 g/mol. The molecule has 0 aliphatic carbocycles. The number of carbonyl (C=O) groups excluding carboxylic acids is 2. The number of hydrogen-bond donors (Lipinski definition) is 3. The van der Waals surface area contributed by atoms with Crippen molar-refractivity contribution in [3.8, 4) is 0 Å². The van der Waals surface area contributed by atoms with Crippen molar-refractivity contribution in [2.24, 2.45) is 0 Å². The number of anilines is 1. The third-order valence-electron chi connectivity index (χ3n) is 3.75. The zero-order valence-corrected chi connectivity index (χ0v) is 15.2. The maximum atomic E-state index is 12.1. The lowest BCUT2D eigenvalue weighted by Crippen LogP contribution is -2.38. The van der Waals surface area contributed by atoms with Crippen molar-refractivity contribution < 1.29 is 14.5 Å². The predicted molar refractivity (Wildman–Crippen MR) is 103 cm³/mol. The Labute approximate surface area is 157 Å². The van der Waals surface area contributed by atoms with Crippen LogP contribution in [-0.4, -0.2) is 36.4 Å². The molecule has 0 bridgehead atoms. The van der Waals surface area contributed by atoms with Crippen LogP contribution in [0.1, 0.15) is 21.5 Å². The lowest BCUT2D eigenvalue weighted by Gasteiger charge is -2.09. The highest BCUT2D eigenvalue weighted by molar-refractivity contribution is 5.96. The second-order valence-corrected chi connectivity index (χ2v) is 6.14. The fraction of sp³-hybridized carbons (Fsp3) is 0.263. The summed E-state index contributed by atoms with van der Waals surface area (Å²) in [6, 6.07) is 11.5. The fourth-order valence-corrected chi connectivity index (χ4v) is 2.54. The average Bonchev–Trinajstić information content (AvgIpc) is 2.62. The number of amides is 2. The Morgan fingerprint density at radius 3 is 2.19 bits per heavy atom. The molecular weight excluding hydrogens is 348 g/mol. The number of non-ortho nitro benzene ring substituents is 1. The number of hydrogen-bond acceptors (Lipinski definition) is 5. The monoisotopic (exact) mass is 370 g/mol. The maximum absolute atomic E-state index is 12.1. The van der Waals surface area contributed by atoms with E-state index in [0.29, 0.717) is 18.7 Å². The highest BCUT2D eigenvalue weighted by Gasteiger charge is 2.09. The highest BCUT2D eigenvalue weighted by atomic mass is 16.6. The molecule has 8 heteroatoms. The number of rotatable bonds is 8. The molecular formula is C19H22N4O4. The second kappa shape index (κ2) is 9.33. The molecule has 0 spiro atoms. The van der Waals surface area contributed by atoms with Gasteiger partial charge in [-0.3, -0.25) is 19.7 Å². The Bertz CT molecular complexity index is 814. The second-order valence-electron chi connectivity index (χ2n) is 6.14. The van der Waals surface area contributed by atoms with Crippen molar-refractivity contribution in [3.05, 3.63) is 69.3 Å². The molecule has 2 amide bonds. The zero-order chi connectivity index (χ0) is 19.8. The Hall–Kier alpha value is -3.42. The van der Waals surface area contributed by atoms with Crippen LogP contribution in [0.15, 0.2) is 42.5 Å². The SMILES string of the molecule is Cc1cc(C)cc(C(=O)NCC(=O)NCCNc2ccc([N+](=O)[O-])cc2)c1. The standard InChI is InChI=1S/C19H22N4O4/c1-13-9-14(2)11-15(10-13)19(25)22-12-18(24)21-8-7-20-16-3-5-17(6-4-16)23(26)27/h3-6,9-11,20H,7-8,12H2,1-2H3,(H,21,24)(H,22,25). The molecule has 8 nitrogen and oxygen atoms in total. The first-order valence-electron chi connectivity index (χ1n) is 8.46. The molecule has 0 fully saturated rings. The Morgan fingerprint density at radius 2 is 1.59 bits per heavy atom. The minimum absolute atomic E-state index is 0.0217. The summed E-state index contributed by atoms with van der Waals surface area (Å²) in [5.41, 5.74) is 3.25. The quantitative estimate of drug-likeness (QED) is 0.374. The van der Waals surface area contributed by atoms with Gasteiger partial charge in [-0.15, -0.1) is 0 Å². The topological polar surface area (TPSA) is 113 Å². The van der Waals surface area contributed by atoms with Gasteiger partial charge in [0.1, 0.15) is 0 Å². The molecule has 142 valence electrons. The highest BCUT2D eigenvalue weighted by Crippen LogP contribution is 2.14. The van der Waals surface area contributed by atoms with E-state index in [2.05, 4.69) is 16.0 Å². The molecule has 2 aromatic carbocycles. The molecule has 0 saturated heterocycles. The van der Waals surface area contributed by atoms with Gasteiger partial charge in [0.25, 0.3) is 11.6 Å². The summed E-state index contributed by atoms with van der Waals surface area (Å²) in [5, 5.41) is 18.9. The number of benzene rings is 2. The third kappa shape index (κ3) is 6.43. The summed E-state index contributed by atoms with van der Waals surface area (Å²) in [7, 11) is 0. The van der Waals surface area contributed by atoms with Crippen LogP contribution in [0.25, 0.3) is 0 Å². The Kier molecular flexibility index (Phi) is 6.87. The van der Waals surface area contributed by atoms with Crippen molar-refractivity contribution in [1.82, 2.24) is 10.6 Å². The first-order chi connectivity index (χ1) is 12.8. The molecule has 0 aliphatic rings. The first-order valence-corrected chi connectivity index (χ1v) is 8.46. The lowest BCUT2D eigenvalue weighted by atomic mass is 10.1. The van der Waals surface area contributed by atoms with E-state index in [4.69, 9.17) is 0 Å². The number of aryl methyl sites for hydroxylation is 2. The molecule has 0 unspecified atom stereocenters. The minimum atomic E-state index is -0.462. The van der Waals surface area contributed by atoms with Gasteiger partial charge in [0, 0.05) is 36.5 Å².